The van der Waals surface area contributed by atoms with E-state index in [4.69, 9.17) is 14.2 Å². The topological polar surface area (TPSA) is 81.7 Å². The van der Waals surface area contributed by atoms with Crippen LogP contribution in [-0.4, -0.2) is 24.8 Å². The number of nitrogens with one attached hydrogen (secondary N) is 2. The number of ether oxygens (including phenoxy) is 3. The first-order valence-electron chi connectivity index (χ1n) is 8.75. The quantitative estimate of drug-likeness (QED) is 0.682. The highest BCUT2D eigenvalue weighted by Crippen LogP contribution is 2.32. The van der Waals surface area contributed by atoms with Gasteiger partial charge in [0.25, 0.3) is 5.91 Å². The summed E-state index contributed by atoms with van der Waals surface area (Å²) < 4.78 is 15.8. The lowest BCUT2D eigenvalue weighted by atomic mass is 10.2. The number of rotatable bonds is 6. The molecule has 2 N–H and O–H groups in total. The minimum Gasteiger partial charge on any atom is -0.497 e. The maximum Gasteiger partial charge on any atom is 0.255 e. The molecular weight excluding hydrogens is 358 g/mol. The predicted octanol–water partition coefficient (Wildman–Crippen LogP) is 3.68. The second-order valence-electron chi connectivity index (χ2n) is 6.16. The van der Waals surface area contributed by atoms with Gasteiger partial charge in [-0.3, -0.25) is 4.79 Å². The summed E-state index contributed by atoms with van der Waals surface area (Å²) in [6, 6.07) is 16.4. The van der Waals surface area contributed by atoms with E-state index in [0.717, 1.165) is 17.1 Å². The summed E-state index contributed by atoms with van der Waals surface area (Å²) in [5.74, 6) is 2.63. The van der Waals surface area contributed by atoms with E-state index in [9.17, 15) is 4.79 Å². The van der Waals surface area contributed by atoms with E-state index in [1.54, 1.807) is 43.6 Å². The van der Waals surface area contributed by atoms with E-state index in [1.165, 1.54) is 0 Å². The summed E-state index contributed by atoms with van der Waals surface area (Å²) in [6.45, 7) is 0.857. The van der Waals surface area contributed by atoms with Crippen LogP contribution in [0.5, 0.6) is 17.2 Å². The number of amides is 1. The zero-order valence-corrected chi connectivity index (χ0v) is 15.3. The van der Waals surface area contributed by atoms with Crippen LogP contribution in [0.25, 0.3) is 0 Å². The summed E-state index contributed by atoms with van der Waals surface area (Å²) in [5, 5.41) is 6.07. The van der Waals surface area contributed by atoms with Crippen LogP contribution in [0, 0.1) is 0 Å². The van der Waals surface area contributed by atoms with Crippen LogP contribution in [0.1, 0.15) is 15.9 Å². The lowest BCUT2D eigenvalue weighted by Crippen LogP contribution is -2.12. The molecule has 0 bridgehead atoms. The Kier molecular flexibility index (Phi) is 4.97. The van der Waals surface area contributed by atoms with Crippen molar-refractivity contribution in [1.82, 2.24) is 4.98 Å². The van der Waals surface area contributed by atoms with Crippen molar-refractivity contribution in [3.05, 3.63) is 71.9 Å². The summed E-state index contributed by atoms with van der Waals surface area (Å²) in [6.07, 6.45) is 1.61. The molecule has 1 amide bonds. The molecular formula is C21H19N3O4. The molecule has 0 fully saturated rings. The number of carbonyl (C=O) groups excluding carboxylic acids is 1. The maximum absolute atomic E-state index is 12.3. The zero-order valence-electron chi connectivity index (χ0n) is 15.3. The average Bonchev–Trinajstić information content (AvgIpc) is 3.21. The highest BCUT2D eigenvalue weighted by molar-refractivity contribution is 6.04. The number of methoxy groups -OCH3 is 1. The Morgan fingerprint density at radius 2 is 2.00 bits per heavy atom. The van der Waals surface area contributed by atoms with E-state index in [1.807, 2.05) is 24.3 Å². The molecule has 0 saturated heterocycles. The molecule has 28 heavy (non-hydrogen) atoms. The highest BCUT2D eigenvalue weighted by atomic mass is 16.7. The normalized spacial score (nSPS) is 11.8. The van der Waals surface area contributed by atoms with Crippen molar-refractivity contribution in [1.29, 1.82) is 0 Å². The smallest absolute Gasteiger partial charge is 0.255 e. The number of benzene rings is 2. The molecule has 0 unspecified atom stereocenters. The number of aromatic nitrogens is 1. The van der Waals surface area contributed by atoms with Crippen molar-refractivity contribution in [2.45, 2.75) is 6.54 Å². The molecule has 7 heteroatoms. The number of nitrogens with zero attached hydrogens (tertiary/aromatic N) is 1. The van der Waals surface area contributed by atoms with Gasteiger partial charge in [0.05, 0.1) is 19.0 Å². The summed E-state index contributed by atoms with van der Waals surface area (Å²) in [4.78, 5) is 16.7. The fraction of sp³-hybridized carbons (Fsp3) is 0.143. The Bertz CT molecular complexity index is 989. The van der Waals surface area contributed by atoms with Crippen LogP contribution >= 0.6 is 0 Å². The fourth-order valence-electron chi connectivity index (χ4n) is 2.78. The molecule has 142 valence electrons. The second kappa shape index (κ2) is 7.87. The minimum absolute atomic E-state index is 0.221. The van der Waals surface area contributed by atoms with Gasteiger partial charge < -0.3 is 24.8 Å². The Morgan fingerprint density at radius 3 is 2.82 bits per heavy atom. The van der Waals surface area contributed by atoms with Crippen LogP contribution in [0.15, 0.2) is 60.8 Å². The summed E-state index contributed by atoms with van der Waals surface area (Å²) in [5.41, 5.74) is 2.19. The molecule has 0 aliphatic carbocycles. The third-order valence-electron chi connectivity index (χ3n) is 4.26. The van der Waals surface area contributed by atoms with E-state index in [-0.39, 0.29) is 12.7 Å². The minimum atomic E-state index is -0.221. The number of hydrogen-bond acceptors (Lipinski definition) is 6. The van der Waals surface area contributed by atoms with Gasteiger partial charge in [0, 0.05) is 12.1 Å². The van der Waals surface area contributed by atoms with E-state index >= 15 is 0 Å². The van der Waals surface area contributed by atoms with Crippen molar-refractivity contribution in [3.8, 4) is 17.2 Å². The van der Waals surface area contributed by atoms with E-state index < -0.39 is 0 Å². The van der Waals surface area contributed by atoms with Crippen molar-refractivity contribution in [3.63, 3.8) is 0 Å². The number of carbonyl (C=O) groups is 1. The van der Waals surface area contributed by atoms with Gasteiger partial charge in [-0.1, -0.05) is 12.1 Å². The molecule has 2 aromatic carbocycles. The number of fused-ring (bicyclic) bond motifs is 1. The third kappa shape index (κ3) is 3.98. The largest absolute Gasteiger partial charge is 0.497 e. The van der Waals surface area contributed by atoms with Gasteiger partial charge in [-0.15, -0.1) is 0 Å². The van der Waals surface area contributed by atoms with Gasteiger partial charge >= 0.3 is 0 Å². The van der Waals surface area contributed by atoms with Crippen LogP contribution in [0.2, 0.25) is 0 Å². The van der Waals surface area contributed by atoms with Gasteiger partial charge in [-0.25, -0.2) is 4.98 Å². The lowest BCUT2D eigenvalue weighted by Gasteiger charge is -2.09. The summed E-state index contributed by atoms with van der Waals surface area (Å²) >= 11 is 0. The second-order valence-corrected chi connectivity index (χ2v) is 6.16. The first kappa shape index (κ1) is 17.7. The lowest BCUT2D eigenvalue weighted by molar-refractivity contribution is 0.102. The van der Waals surface area contributed by atoms with Gasteiger partial charge in [0.1, 0.15) is 11.6 Å². The standard InChI is InChI=1S/C21H19N3O4/c1-26-17-4-2-3-15(10-17)21(25)24-16-6-8-20(23-12-16)22-11-14-5-7-18-19(9-14)28-13-27-18/h2-10,12H,11,13H2,1H3,(H,22,23)(H,24,25). The number of hydrogen-bond donors (Lipinski definition) is 2. The van der Waals surface area contributed by atoms with Crippen molar-refractivity contribution in [2.24, 2.45) is 0 Å². The molecule has 1 aromatic heterocycles. The third-order valence-corrected chi connectivity index (χ3v) is 4.26. The van der Waals surface area contributed by atoms with Crippen LogP contribution in [0.4, 0.5) is 11.5 Å². The maximum atomic E-state index is 12.3. The molecule has 3 aromatic rings. The van der Waals surface area contributed by atoms with E-state index in [0.29, 0.717) is 29.4 Å². The molecule has 0 saturated carbocycles. The molecule has 1 aliphatic rings. The van der Waals surface area contributed by atoms with Crippen LogP contribution < -0.4 is 24.8 Å². The molecule has 0 atom stereocenters. The van der Waals surface area contributed by atoms with Gasteiger partial charge in [-0.05, 0) is 48.0 Å². The molecule has 1 aliphatic heterocycles. The SMILES string of the molecule is COc1cccc(C(=O)Nc2ccc(NCc3ccc4c(c3)OCO4)nc2)c1. The molecule has 4 rings (SSSR count). The Hall–Kier alpha value is -3.74. The van der Waals surface area contributed by atoms with Crippen LogP contribution in [0.3, 0.4) is 0 Å². The Morgan fingerprint density at radius 1 is 1.11 bits per heavy atom. The van der Waals surface area contributed by atoms with Gasteiger partial charge in [0.15, 0.2) is 11.5 Å². The Labute approximate surface area is 162 Å². The summed E-state index contributed by atoms with van der Waals surface area (Å²) in [7, 11) is 1.57. The van der Waals surface area contributed by atoms with E-state index in [2.05, 4.69) is 15.6 Å². The van der Waals surface area contributed by atoms with Crippen molar-refractivity contribution >= 4 is 17.4 Å². The first-order valence-corrected chi connectivity index (χ1v) is 8.75. The van der Waals surface area contributed by atoms with Crippen molar-refractivity contribution < 1.29 is 19.0 Å². The molecule has 0 radical (unpaired) electrons. The number of anilines is 2. The average molecular weight is 377 g/mol. The predicted molar refractivity (Wildman–Crippen MR) is 105 cm³/mol. The molecule has 2 heterocycles. The molecule has 0 spiro atoms. The monoisotopic (exact) mass is 377 g/mol. The van der Waals surface area contributed by atoms with Gasteiger partial charge in [-0.2, -0.15) is 0 Å². The van der Waals surface area contributed by atoms with Crippen molar-refractivity contribution in [2.75, 3.05) is 24.5 Å². The van der Waals surface area contributed by atoms with Crippen LogP contribution in [-0.2, 0) is 6.54 Å². The Balaban J connectivity index is 1.35. The highest BCUT2D eigenvalue weighted by Gasteiger charge is 2.13. The fourth-order valence-corrected chi connectivity index (χ4v) is 2.78. The number of pyridine rings is 1. The molecule has 7 nitrogen and oxygen atoms in total. The van der Waals surface area contributed by atoms with Gasteiger partial charge in [0.2, 0.25) is 6.79 Å². The zero-order chi connectivity index (χ0) is 19.3. The first-order chi connectivity index (χ1) is 13.7.